The van der Waals surface area contributed by atoms with Crippen LogP contribution < -0.4 is 5.73 Å². The lowest BCUT2D eigenvalue weighted by molar-refractivity contribution is -0.117. The maximum Gasteiger partial charge on any atom is 0.221 e. The minimum absolute atomic E-state index is 0.00664. The summed E-state index contributed by atoms with van der Waals surface area (Å²) in [5.74, 6) is -1.07. The molecular formula is C8H6BrClFNO. The second kappa shape index (κ2) is 4.07. The largest absolute Gasteiger partial charge is 0.369 e. The van der Waals surface area contributed by atoms with Gasteiger partial charge in [-0.15, -0.1) is 0 Å². The molecule has 0 radical (unpaired) electrons. The molecule has 0 fully saturated rings. The first-order valence-corrected chi connectivity index (χ1v) is 4.59. The standard InChI is InChI=1S/C8H6BrClFNO/c9-5-1-4(3-7(12)13)2-6(11)8(5)10/h1-2H,3H2,(H2,12,13). The summed E-state index contributed by atoms with van der Waals surface area (Å²) in [7, 11) is 0. The molecule has 0 spiro atoms. The summed E-state index contributed by atoms with van der Waals surface area (Å²) in [6.07, 6.45) is 0.00664. The third-order valence-electron chi connectivity index (χ3n) is 1.42. The molecule has 0 unspecified atom stereocenters. The zero-order chi connectivity index (χ0) is 10.0. The molecule has 0 aliphatic carbocycles. The monoisotopic (exact) mass is 265 g/mol. The zero-order valence-electron chi connectivity index (χ0n) is 6.48. The van der Waals surface area contributed by atoms with Crippen molar-refractivity contribution >= 4 is 33.4 Å². The van der Waals surface area contributed by atoms with E-state index in [2.05, 4.69) is 15.9 Å². The van der Waals surface area contributed by atoms with E-state index in [1.807, 2.05) is 0 Å². The van der Waals surface area contributed by atoms with Gasteiger partial charge < -0.3 is 5.73 Å². The molecule has 1 aromatic rings. The molecule has 1 amide bonds. The molecule has 5 heteroatoms. The van der Waals surface area contributed by atoms with E-state index < -0.39 is 11.7 Å². The smallest absolute Gasteiger partial charge is 0.221 e. The molecule has 0 aliphatic rings. The number of carbonyl (C=O) groups is 1. The summed E-state index contributed by atoms with van der Waals surface area (Å²) < 4.78 is 13.4. The van der Waals surface area contributed by atoms with Gasteiger partial charge in [-0.1, -0.05) is 11.6 Å². The van der Waals surface area contributed by atoms with Crippen molar-refractivity contribution in [2.45, 2.75) is 6.42 Å². The van der Waals surface area contributed by atoms with Crippen molar-refractivity contribution < 1.29 is 9.18 Å². The number of carbonyl (C=O) groups excluding carboxylic acids is 1. The predicted octanol–water partition coefficient (Wildman–Crippen LogP) is 2.27. The molecule has 1 aromatic carbocycles. The van der Waals surface area contributed by atoms with Crippen molar-refractivity contribution in [2.24, 2.45) is 5.73 Å². The second-order valence-corrected chi connectivity index (χ2v) is 3.75. The molecule has 0 saturated carbocycles. The van der Waals surface area contributed by atoms with Crippen LogP contribution >= 0.6 is 27.5 Å². The fourth-order valence-corrected chi connectivity index (χ4v) is 1.50. The Morgan fingerprint density at radius 2 is 2.23 bits per heavy atom. The summed E-state index contributed by atoms with van der Waals surface area (Å²) >= 11 is 8.61. The van der Waals surface area contributed by atoms with E-state index in [-0.39, 0.29) is 11.4 Å². The van der Waals surface area contributed by atoms with Gasteiger partial charge in [-0.25, -0.2) is 4.39 Å². The van der Waals surface area contributed by atoms with Gasteiger partial charge in [0, 0.05) is 4.47 Å². The highest BCUT2D eigenvalue weighted by Gasteiger charge is 2.08. The number of amides is 1. The fourth-order valence-electron chi connectivity index (χ4n) is 0.911. The van der Waals surface area contributed by atoms with Gasteiger partial charge >= 0.3 is 0 Å². The number of nitrogens with two attached hydrogens (primary N) is 1. The molecule has 0 aromatic heterocycles. The predicted molar refractivity (Wildman–Crippen MR) is 52.0 cm³/mol. The highest BCUT2D eigenvalue weighted by atomic mass is 79.9. The van der Waals surface area contributed by atoms with E-state index in [0.717, 1.165) is 0 Å². The van der Waals surface area contributed by atoms with Crippen LogP contribution in [0.2, 0.25) is 5.02 Å². The quantitative estimate of drug-likeness (QED) is 0.820. The van der Waals surface area contributed by atoms with Gasteiger partial charge in [0.25, 0.3) is 0 Å². The average Bonchev–Trinajstić information content (AvgIpc) is 1.98. The topological polar surface area (TPSA) is 43.1 Å². The minimum atomic E-state index is -0.563. The molecule has 0 bridgehead atoms. The van der Waals surface area contributed by atoms with Crippen molar-refractivity contribution in [1.82, 2.24) is 0 Å². The van der Waals surface area contributed by atoms with Crippen molar-refractivity contribution in [3.63, 3.8) is 0 Å². The maximum absolute atomic E-state index is 13.0. The molecule has 2 N–H and O–H groups in total. The molecule has 1 rings (SSSR count). The van der Waals surface area contributed by atoms with Crippen LogP contribution in [0.15, 0.2) is 16.6 Å². The van der Waals surface area contributed by atoms with Gasteiger partial charge in [-0.2, -0.15) is 0 Å². The first-order chi connectivity index (χ1) is 6.00. The number of hydrogen-bond donors (Lipinski definition) is 1. The van der Waals surface area contributed by atoms with Gasteiger partial charge in [0.05, 0.1) is 11.4 Å². The first-order valence-electron chi connectivity index (χ1n) is 3.42. The zero-order valence-corrected chi connectivity index (χ0v) is 8.82. The first kappa shape index (κ1) is 10.5. The van der Waals surface area contributed by atoms with E-state index in [1.165, 1.54) is 6.07 Å². The van der Waals surface area contributed by atoms with Crippen LogP contribution in [0.1, 0.15) is 5.56 Å². The Balaban J connectivity index is 3.06. The average molecular weight is 266 g/mol. The molecule has 70 valence electrons. The Morgan fingerprint density at radius 1 is 1.62 bits per heavy atom. The van der Waals surface area contributed by atoms with Gasteiger partial charge in [-0.05, 0) is 33.6 Å². The summed E-state index contributed by atoms with van der Waals surface area (Å²) in [6.45, 7) is 0. The Labute approximate surface area is 88.0 Å². The molecule has 13 heavy (non-hydrogen) atoms. The van der Waals surface area contributed by atoms with E-state index in [1.54, 1.807) is 6.07 Å². The van der Waals surface area contributed by atoms with E-state index in [4.69, 9.17) is 17.3 Å². The molecule has 2 nitrogen and oxygen atoms in total. The third-order valence-corrected chi connectivity index (χ3v) is 2.66. The summed E-state index contributed by atoms with van der Waals surface area (Å²) in [5.41, 5.74) is 5.45. The lowest BCUT2D eigenvalue weighted by Gasteiger charge is -2.02. The maximum atomic E-state index is 13.0. The molecular weight excluding hydrogens is 260 g/mol. The van der Waals surface area contributed by atoms with Crippen LogP contribution in [0, 0.1) is 5.82 Å². The molecule has 0 aliphatic heterocycles. The highest BCUT2D eigenvalue weighted by molar-refractivity contribution is 9.10. The number of rotatable bonds is 2. The third kappa shape index (κ3) is 2.67. The van der Waals surface area contributed by atoms with E-state index in [9.17, 15) is 9.18 Å². The van der Waals surface area contributed by atoms with Crippen molar-refractivity contribution in [3.05, 3.63) is 33.0 Å². The van der Waals surface area contributed by atoms with Gasteiger partial charge in [0.15, 0.2) is 0 Å². The van der Waals surface area contributed by atoms with Crippen LogP contribution in [-0.2, 0) is 11.2 Å². The molecule has 0 heterocycles. The van der Waals surface area contributed by atoms with Gasteiger partial charge in [-0.3, -0.25) is 4.79 Å². The Hall–Kier alpha value is -0.610. The molecule has 0 atom stereocenters. The lowest BCUT2D eigenvalue weighted by atomic mass is 10.1. The Morgan fingerprint density at radius 3 is 2.69 bits per heavy atom. The highest BCUT2D eigenvalue weighted by Crippen LogP contribution is 2.26. The SMILES string of the molecule is NC(=O)Cc1cc(F)c(Cl)c(Br)c1. The van der Waals surface area contributed by atoms with Crippen LogP contribution in [0.4, 0.5) is 4.39 Å². The lowest BCUT2D eigenvalue weighted by Crippen LogP contribution is -2.13. The summed E-state index contributed by atoms with van der Waals surface area (Å²) in [4.78, 5) is 10.5. The Kier molecular flexibility index (Phi) is 3.27. The van der Waals surface area contributed by atoms with Crippen LogP contribution in [0.25, 0.3) is 0 Å². The Bertz CT molecular complexity index is 333. The van der Waals surface area contributed by atoms with Crippen LogP contribution in [0.3, 0.4) is 0 Å². The van der Waals surface area contributed by atoms with Crippen LogP contribution in [-0.4, -0.2) is 5.91 Å². The number of primary amides is 1. The number of halogens is 3. The number of benzene rings is 1. The van der Waals surface area contributed by atoms with E-state index >= 15 is 0 Å². The van der Waals surface area contributed by atoms with Gasteiger partial charge in [0.1, 0.15) is 5.82 Å². The van der Waals surface area contributed by atoms with E-state index in [0.29, 0.717) is 10.0 Å². The minimum Gasteiger partial charge on any atom is -0.369 e. The molecule has 0 saturated heterocycles. The van der Waals surface area contributed by atoms with Crippen LogP contribution in [0.5, 0.6) is 0 Å². The van der Waals surface area contributed by atoms with Crippen molar-refractivity contribution in [1.29, 1.82) is 0 Å². The van der Waals surface area contributed by atoms with Crippen molar-refractivity contribution in [3.8, 4) is 0 Å². The summed E-state index contributed by atoms with van der Waals surface area (Å²) in [6, 6.07) is 2.76. The fraction of sp³-hybridized carbons (Fsp3) is 0.125. The van der Waals surface area contributed by atoms with Crippen molar-refractivity contribution in [2.75, 3.05) is 0 Å². The summed E-state index contributed by atoms with van der Waals surface area (Å²) in [5, 5.41) is 0.00761. The normalized spacial score (nSPS) is 10.1. The van der Waals surface area contributed by atoms with Gasteiger partial charge in [0.2, 0.25) is 5.91 Å². The number of hydrogen-bond acceptors (Lipinski definition) is 1. The second-order valence-electron chi connectivity index (χ2n) is 2.52.